The van der Waals surface area contributed by atoms with Crippen LogP contribution in [-0.2, 0) is 20.9 Å². The van der Waals surface area contributed by atoms with Crippen LogP contribution in [0.4, 0.5) is 13.2 Å². The number of hydrogen-bond acceptors (Lipinski definition) is 3. The number of carbonyl (C=O) groups excluding carboxylic acids is 2. The topological polar surface area (TPSA) is 95.5 Å². The lowest BCUT2D eigenvalue weighted by molar-refractivity contribution is -0.137. The van der Waals surface area contributed by atoms with Crippen molar-refractivity contribution >= 4 is 17.8 Å². The van der Waals surface area contributed by atoms with Gasteiger partial charge in [-0.3, -0.25) is 14.4 Å². The van der Waals surface area contributed by atoms with Crippen molar-refractivity contribution in [2.75, 3.05) is 0 Å². The number of halogens is 3. The molecule has 2 rings (SSSR count). The Balaban J connectivity index is 1.91. The fourth-order valence-corrected chi connectivity index (χ4v) is 2.98. The number of carboxylic acids is 1. The fourth-order valence-electron chi connectivity index (χ4n) is 2.98. The predicted octanol–water partition coefficient (Wildman–Crippen LogP) is 2.01. The zero-order valence-corrected chi connectivity index (χ0v) is 13.9. The van der Waals surface area contributed by atoms with Gasteiger partial charge in [0.2, 0.25) is 11.8 Å². The van der Waals surface area contributed by atoms with Crippen molar-refractivity contribution in [2.24, 2.45) is 0 Å². The van der Waals surface area contributed by atoms with Gasteiger partial charge in [0.1, 0.15) is 5.82 Å². The van der Waals surface area contributed by atoms with Crippen LogP contribution in [0.15, 0.2) is 12.1 Å². The maximum atomic E-state index is 13.6. The number of carbonyl (C=O) groups is 3. The van der Waals surface area contributed by atoms with E-state index in [2.05, 4.69) is 10.6 Å². The second-order valence-corrected chi connectivity index (χ2v) is 6.32. The lowest BCUT2D eigenvalue weighted by atomic mass is 9.86. The van der Waals surface area contributed by atoms with Gasteiger partial charge in [0.25, 0.3) is 0 Å². The molecule has 1 aromatic rings. The van der Waals surface area contributed by atoms with E-state index in [4.69, 9.17) is 5.11 Å². The van der Waals surface area contributed by atoms with Gasteiger partial charge in [-0.15, -0.1) is 0 Å². The van der Waals surface area contributed by atoms with E-state index in [1.54, 1.807) is 0 Å². The van der Waals surface area contributed by atoms with Crippen LogP contribution in [0.1, 0.15) is 44.1 Å². The Hall–Kier alpha value is -2.58. The van der Waals surface area contributed by atoms with E-state index in [0.717, 1.165) is 6.07 Å². The van der Waals surface area contributed by atoms with Gasteiger partial charge in [-0.2, -0.15) is 0 Å². The summed E-state index contributed by atoms with van der Waals surface area (Å²) in [6.07, 6.45) is 0.834. The van der Waals surface area contributed by atoms with Gasteiger partial charge in [0, 0.05) is 36.9 Å². The van der Waals surface area contributed by atoms with Crippen molar-refractivity contribution in [3.63, 3.8) is 0 Å². The second-order valence-electron chi connectivity index (χ2n) is 6.32. The Morgan fingerprint density at radius 1 is 1.15 bits per heavy atom. The molecule has 2 amide bonds. The number of benzene rings is 1. The normalized spacial score (nSPS) is 19.3. The monoisotopic (exact) mass is 372 g/mol. The van der Waals surface area contributed by atoms with Gasteiger partial charge in [0.05, 0.1) is 0 Å². The zero-order chi connectivity index (χ0) is 19.3. The highest BCUT2D eigenvalue weighted by Gasteiger charge is 2.37. The minimum atomic E-state index is -1.36. The highest BCUT2D eigenvalue weighted by Crippen LogP contribution is 2.30. The van der Waals surface area contributed by atoms with Crippen LogP contribution in [0.3, 0.4) is 0 Å². The van der Waals surface area contributed by atoms with E-state index < -0.39 is 47.0 Å². The van der Waals surface area contributed by atoms with E-state index in [1.165, 1.54) is 0 Å². The molecule has 142 valence electrons. The molecule has 0 aromatic heterocycles. The maximum absolute atomic E-state index is 13.6. The van der Waals surface area contributed by atoms with Gasteiger partial charge < -0.3 is 15.7 Å². The van der Waals surface area contributed by atoms with Crippen molar-refractivity contribution in [2.45, 2.75) is 50.6 Å². The van der Waals surface area contributed by atoms with Crippen LogP contribution in [0.25, 0.3) is 0 Å². The number of rotatable bonds is 8. The van der Waals surface area contributed by atoms with Gasteiger partial charge in [-0.25, -0.2) is 13.2 Å². The molecular weight excluding hydrogens is 353 g/mol. The number of nitrogens with one attached hydrogen (secondary N) is 2. The van der Waals surface area contributed by atoms with E-state index in [9.17, 15) is 27.6 Å². The number of hydrogen-bond donors (Lipinski definition) is 3. The van der Waals surface area contributed by atoms with Gasteiger partial charge in [-0.05, 0) is 31.4 Å². The molecule has 1 aliphatic rings. The first-order valence-corrected chi connectivity index (χ1v) is 8.14. The molecular formula is C17H19F3N2O4. The summed E-state index contributed by atoms with van der Waals surface area (Å²) in [5.74, 6) is -5.29. The number of carboxylic acid groups (broad SMARTS) is 1. The molecule has 1 aromatic carbocycles. The third kappa shape index (κ3) is 4.96. The van der Waals surface area contributed by atoms with Crippen molar-refractivity contribution in [1.29, 1.82) is 0 Å². The van der Waals surface area contributed by atoms with Crippen LogP contribution < -0.4 is 10.6 Å². The third-order valence-electron chi connectivity index (χ3n) is 4.48. The summed E-state index contributed by atoms with van der Waals surface area (Å²) in [4.78, 5) is 34.2. The van der Waals surface area contributed by atoms with Crippen LogP contribution in [0.5, 0.6) is 0 Å². The summed E-state index contributed by atoms with van der Waals surface area (Å²) in [6, 6.07) is 1.43. The molecule has 6 nitrogen and oxygen atoms in total. The van der Waals surface area contributed by atoms with Gasteiger partial charge in [-0.1, -0.05) is 0 Å². The summed E-state index contributed by atoms with van der Waals surface area (Å²) in [5, 5.41) is 13.9. The van der Waals surface area contributed by atoms with Crippen molar-refractivity contribution in [1.82, 2.24) is 10.6 Å². The van der Waals surface area contributed by atoms with Crippen molar-refractivity contribution in [3.05, 3.63) is 35.1 Å². The Morgan fingerprint density at radius 2 is 1.81 bits per heavy atom. The molecule has 1 aliphatic heterocycles. The molecule has 0 bridgehead atoms. The predicted molar refractivity (Wildman–Crippen MR) is 84.4 cm³/mol. The first-order chi connectivity index (χ1) is 12.2. The molecule has 0 aliphatic carbocycles. The van der Waals surface area contributed by atoms with Crippen LogP contribution in [0.2, 0.25) is 0 Å². The first kappa shape index (κ1) is 19.7. The maximum Gasteiger partial charge on any atom is 0.303 e. The van der Waals surface area contributed by atoms with E-state index in [0.29, 0.717) is 12.5 Å². The standard InChI is InChI=1S/C17H19F3N2O4/c18-11-1-2-12(19)16(20)10(11)9-21-13(23)3-6-17(8-5-15(25)26)7-4-14(24)22-17/h1-2H,3-9H2,(H,21,23)(H,22,24)(H,25,26)/t17-/m1/s1. The average molecular weight is 372 g/mol. The Kier molecular flexibility index (Phi) is 6.23. The Bertz CT molecular complexity index is 726. The first-order valence-electron chi connectivity index (χ1n) is 8.14. The molecule has 9 heteroatoms. The van der Waals surface area contributed by atoms with E-state index in [-0.39, 0.29) is 38.0 Å². The summed E-state index contributed by atoms with van der Waals surface area (Å²) in [7, 11) is 0. The average Bonchev–Trinajstić information content (AvgIpc) is 2.96. The molecule has 1 saturated heterocycles. The Labute approximate surface area is 147 Å². The molecule has 0 saturated carbocycles. The summed E-state index contributed by atoms with van der Waals surface area (Å²) < 4.78 is 40.2. The highest BCUT2D eigenvalue weighted by atomic mass is 19.2. The highest BCUT2D eigenvalue weighted by molar-refractivity contribution is 5.80. The van der Waals surface area contributed by atoms with Gasteiger partial charge >= 0.3 is 5.97 Å². The second kappa shape index (κ2) is 8.20. The summed E-state index contributed by atoms with van der Waals surface area (Å²) >= 11 is 0. The third-order valence-corrected chi connectivity index (χ3v) is 4.48. The molecule has 0 unspecified atom stereocenters. The number of amides is 2. The van der Waals surface area contributed by atoms with Crippen LogP contribution in [-0.4, -0.2) is 28.4 Å². The SMILES string of the molecule is O=C(O)CC[C@@]1(CCC(=O)NCc2c(F)ccc(F)c2F)CCC(=O)N1. The zero-order valence-electron chi connectivity index (χ0n) is 13.9. The minimum Gasteiger partial charge on any atom is -0.481 e. The van der Waals surface area contributed by atoms with Crippen LogP contribution >= 0.6 is 0 Å². The summed E-state index contributed by atoms with van der Waals surface area (Å²) in [6.45, 7) is -0.511. The molecule has 26 heavy (non-hydrogen) atoms. The van der Waals surface area contributed by atoms with E-state index in [1.807, 2.05) is 0 Å². The van der Waals surface area contributed by atoms with Crippen molar-refractivity contribution in [3.8, 4) is 0 Å². The molecule has 0 spiro atoms. The molecule has 1 heterocycles. The van der Waals surface area contributed by atoms with E-state index >= 15 is 0 Å². The molecule has 0 radical (unpaired) electrons. The number of aliphatic carboxylic acids is 1. The minimum absolute atomic E-state index is 0.0710. The fraction of sp³-hybridized carbons (Fsp3) is 0.471. The smallest absolute Gasteiger partial charge is 0.303 e. The Morgan fingerprint density at radius 3 is 2.42 bits per heavy atom. The van der Waals surface area contributed by atoms with Gasteiger partial charge in [0.15, 0.2) is 11.6 Å². The quantitative estimate of drug-likeness (QED) is 0.609. The van der Waals surface area contributed by atoms with Crippen molar-refractivity contribution < 1.29 is 32.7 Å². The lowest BCUT2D eigenvalue weighted by Gasteiger charge is -2.28. The summed E-state index contributed by atoms with van der Waals surface area (Å²) in [5.41, 5.74) is -1.35. The molecule has 3 N–H and O–H groups in total. The molecule has 1 fully saturated rings. The lowest BCUT2D eigenvalue weighted by Crippen LogP contribution is -2.43. The molecule has 1 atom stereocenters. The largest absolute Gasteiger partial charge is 0.481 e. The van der Waals surface area contributed by atoms with Crippen LogP contribution in [0, 0.1) is 17.5 Å².